The van der Waals surface area contributed by atoms with Gasteiger partial charge in [-0.05, 0) is 44.2 Å². The summed E-state index contributed by atoms with van der Waals surface area (Å²) in [5, 5.41) is 7.39. The van der Waals surface area contributed by atoms with Gasteiger partial charge in [0, 0.05) is 35.1 Å². The van der Waals surface area contributed by atoms with Crippen LogP contribution < -0.4 is 25.8 Å². The minimum atomic E-state index is -1.03. The Kier molecular flexibility index (Phi) is 5.54. The van der Waals surface area contributed by atoms with E-state index in [1.807, 2.05) is 68.5 Å². The Morgan fingerprint density at radius 2 is 1.83 bits per heavy atom. The highest BCUT2D eigenvalue weighted by Gasteiger charge is 2.27. The molecule has 0 spiro atoms. The number of aromatic nitrogens is 1. The highest BCUT2D eigenvalue weighted by Crippen LogP contribution is 2.31. The number of aliphatic imine (C=N–C) groups is 1. The molecule has 0 radical (unpaired) electrons. The largest absolute Gasteiger partial charge is 0.490 e. The van der Waals surface area contributed by atoms with Crippen molar-refractivity contribution in [3.8, 4) is 11.5 Å². The predicted molar refractivity (Wildman–Crippen MR) is 120 cm³/mol. The summed E-state index contributed by atoms with van der Waals surface area (Å²) in [5.41, 5.74) is 8.12. The maximum absolute atomic E-state index is 6.62. The molecule has 0 aliphatic carbocycles. The van der Waals surface area contributed by atoms with Crippen molar-refractivity contribution in [2.75, 3.05) is 18.5 Å². The highest BCUT2D eigenvalue weighted by atomic mass is 16.5. The number of fused-ring (bicyclic) bond motifs is 1. The Labute approximate surface area is 175 Å². The average molecular weight is 403 g/mol. The van der Waals surface area contributed by atoms with Crippen LogP contribution in [-0.4, -0.2) is 24.2 Å². The molecule has 4 N–H and O–H groups in total. The molecule has 0 amide bonds. The van der Waals surface area contributed by atoms with Crippen LogP contribution in [0.15, 0.2) is 72.0 Å². The van der Waals surface area contributed by atoms with Crippen LogP contribution in [0.3, 0.4) is 0 Å². The number of ether oxygens (including phenoxy) is 2. The first-order valence-corrected chi connectivity index (χ1v) is 9.96. The quantitative estimate of drug-likeness (QED) is 0.581. The second kappa shape index (κ2) is 8.42. The number of nitrogens with two attached hydrogens (primary N) is 1. The Balaban J connectivity index is 1.61. The molecule has 0 fully saturated rings. The Bertz CT molecular complexity index is 1110. The molecule has 4 rings (SSSR count). The first-order valence-electron chi connectivity index (χ1n) is 9.96. The number of anilines is 1. The molecule has 30 heavy (non-hydrogen) atoms. The molecule has 0 saturated carbocycles. The Hall–Kier alpha value is -3.58. The molecule has 1 unspecified atom stereocenters. The standard InChI is InChI=1S/C23H25N5O2/c1-3-29-20-10-9-18(14-21(20)30-4-2)27-22-25-12-11-23(24,28-22)17-13-16-7-5-6-8-19(16)26-15-17/h5-15H,3-4,24H2,1-2H3,(H2,25,27,28). The number of nitrogens with zero attached hydrogens (tertiary/aromatic N) is 2. The van der Waals surface area contributed by atoms with Crippen molar-refractivity contribution in [3.63, 3.8) is 0 Å². The number of guanidine groups is 1. The maximum Gasteiger partial charge on any atom is 0.202 e. The average Bonchev–Trinajstić information content (AvgIpc) is 2.75. The van der Waals surface area contributed by atoms with Gasteiger partial charge in [0.15, 0.2) is 17.2 Å². The summed E-state index contributed by atoms with van der Waals surface area (Å²) in [5.74, 6) is 1.91. The van der Waals surface area contributed by atoms with E-state index in [0.717, 1.165) is 22.2 Å². The van der Waals surface area contributed by atoms with Gasteiger partial charge in [-0.15, -0.1) is 0 Å². The number of nitrogens with one attached hydrogen (secondary N) is 2. The van der Waals surface area contributed by atoms with Crippen molar-refractivity contribution >= 4 is 22.5 Å². The second-order valence-corrected chi connectivity index (χ2v) is 6.83. The van der Waals surface area contributed by atoms with Gasteiger partial charge in [-0.25, -0.2) is 4.99 Å². The van der Waals surface area contributed by atoms with E-state index >= 15 is 0 Å². The van der Waals surface area contributed by atoms with Crippen LogP contribution in [-0.2, 0) is 5.66 Å². The summed E-state index contributed by atoms with van der Waals surface area (Å²) in [4.78, 5) is 9.21. The molecular formula is C23H25N5O2. The van der Waals surface area contributed by atoms with Gasteiger partial charge in [-0.1, -0.05) is 18.2 Å². The summed E-state index contributed by atoms with van der Waals surface area (Å²) in [6.07, 6.45) is 5.36. The lowest BCUT2D eigenvalue weighted by molar-refractivity contribution is 0.288. The molecule has 0 bridgehead atoms. The molecule has 3 aromatic rings. The van der Waals surface area contributed by atoms with E-state index in [1.54, 1.807) is 12.4 Å². The number of hydrogen-bond donors (Lipinski definition) is 3. The molecule has 1 aliphatic rings. The van der Waals surface area contributed by atoms with Crippen LogP contribution in [0.2, 0.25) is 0 Å². The number of pyridine rings is 1. The van der Waals surface area contributed by atoms with Crippen LogP contribution in [0.4, 0.5) is 5.69 Å². The molecular weight excluding hydrogens is 378 g/mol. The maximum atomic E-state index is 6.62. The number of rotatable bonds is 6. The summed E-state index contributed by atoms with van der Waals surface area (Å²) < 4.78 is 11.3. The lowest BCUT2D eigenvalue weighted by Gasteiger charge is -2.27. The summed E-state index contributed by atoms with van der Waals surface area (Å²) in [6, 6.07) is 15.6. The number of hydrogen-bond acceptors (Lipinski definition) is 7. The first-order chi connectivity index (χ1) is 14.6. The van der Waals surface area contributed by atoms with Gasteiger partial charge >= 0.3 is 0 Å². The normalized spacial score (nSPS) is 17.9. The van der Waals surface area contributed by atoms with E-state index < -0.39 is 5.66 Å². The fourth-order valence-electron chi connectivity index (χ4n) is 3.28. The van der Waals surface area contributed by atoms with E-state index in [2.05, 4.69) is 15.6 Å². The molecule has 154 valence electrons. The zero-order chi connectivity index (χ0) is 21.0. The Morgan fingerprint density at radius 1 is 1.03 bits per heavy atom. The van der Waals surface area contributed by atoms with Crippen molar-refractivity contribution in [1.82, 2.24) is 10.3 Å². The fraction of sp³-hybridized carbons (Fsp3) is 0.217. The van der Waals surface area contributed by atoms with Crippen molar-refractivity contribution in [3.05, 3.63) is 72.6 Å². The zero-order valence-corrected chi connectivity index (χ0v) is 17.1. The molecule has 1 atom stereocenters. The van der Waals surface area contributed by atoms with Crippen molar-refractivity contribution in [1.29, 1.82) is 0 Å². The van der Waals surface area contributed by atoms with E-state index in [-0.39, 0.29) is 0 Å². The van der Waals surface area contributed by atoms with E-state index in [9.17, 15) is 0 Å². The summed E-state index contributed by atoms with van der Waals surface area (Å²) >= 11 is 0. The van der Waals surface area contributed by atoms with Crippen molar-refractivity contribution < 1.29 is 9.47 Å². The third-order valence-electron chi connectivity index (χ3n) is 4.71. The molecule has 7 nitrogen and oxygen atoms in total. The monoisotopic (exact) mass is 403 g/mol. The van der Waals surface area contributed by atoms with Gasteiger partial charge in [-0.2, -0.15) is 0 Å². The minimum Gasteiger partial charge on any atom is -0.490 e. The van der Waals surface area contributed by atoms with Crippen LogP contribution in [0.25, 0.3) is 10.9 Å². The van der Waals surface area contributed by atoms with Gasteiger partial charge in [0.05, 0.1) is 18.7 Å². The number of para-hydroxylation sites is 1. The fourth-order valence-corrected chi connectivity index (χ4v) is 3.28. The summed E-state index contributed by atoms with van der Waals surface area (Å²) in [6.45, 7) is 5.00. The van der Waals surface area contributed by atoms with Gasteiger partial charge in [0.25, 0.3) is 0 Å². The highest BCUT2D eigenvalue weighted by molar-refractivity contribution is 5.95. The second-order valence-electron chi connectivity index (χ2n) is 6.83. The van der Waals surface area contributed by atoms with Crippen molar-refractivity contribution in [2.24, 2.45) is 10.7 Å². The van der Waals surface area contributed by atoms with E-state index in [1.165, 1.54) is 0 Å². The SMILES string of the molecule is CCOc1ccc(NC2=NC(N)(c3cnc4ccccc4c3)C=CN2)cc1OCC. The van der Waals surface area contributed by atoms with Gasteiger partial charge in [0.1, 0.15) is 0 Å². The van der Waals surface area contributed by atoms with Crippen LogP contribution in [0.5, 0.6) is 11.5 Å². The molecule has 2 aromatic carbocycles. The smallest absolute Gasteiger partial charge is 0.202 e. The predicted octanol–water partition coefficient (Wildman–Crippen LogP) is 3.73. The van der Waals surface area contributed by atoms with Gasteiger partial charge in [-0.3, -0.25) is 10.7 Å². The van der Waals surface area contributed by atoms with Crippen LogP contribution in [0.1, 0.15) is 19.4 Å². The van der Waals surface area contributed by atoms with Crippen LogP contribution in [0, 0.1) is 0 Å². The third kappa shape index (κ3) is 4.06. The molecule has 1 aromatic heterocycles. The van der Waals surface area contributed by atoms with Crippen LogP contribution >= 0.6 is 0 Å². The molecule has 0 saturated heterocycles. The molecule has 7 heteroatoms. The minimum absolute atomic E-state index is 0.528. The summed E-state index contributed by atoms with van der Waals surface area (Å²) in [7, 11) is 0. The topological polar surface area (TPSA) is 93.8 Å². The van der Waals surface area contributed by atoms with Gasteiger partial charge < -0.3 is 20.1 Å². The Morgan fingerprint density at radius 3 is 2.67 bits per heavy atom. The first kappa shape index (κ1) is 19.7. The zero-order valence-electron chi connectivity index (χ0n) is 17.1. The van der Waals surface area contributed by atoms with E-state index in [4.69, 9.17) is 20.2 Å². The lowest BCUT2D eigenvalue weighted by atomic mass is 10.0. The molecule has 2 heterocycles. The number of benzene rings is 2. The lowest BCUT2D eigenvalue weighted by Crippen LogP contribution is -2.41. The third-order valence-corrected chi connectivity index (χ3v) is 4.71. The van der Waals surface area contributed by atoms with E-state index in [0.29, 0.717) is 30.7 Å². The van der Waals surface area contributed by atoms with Crippen molar-refractivity contribution in [2.45, 2.75) is 19.5 Å². The van der Waals surface area contributed by atoms with Gasteiger partial charge in [0.2, 0.25) is 5.96 Å². The molecule has 1 aliphatic heterocycles.